The van der Waals surface area contributed by atoms with E-state index in [9.17, 15) is 8.42 Å². The van der Waals surface area contributed by atoms with Crippen molar-refractivity contribution >= 4 is 21.4 Å². The molecule has 2 rings (SSSR count). The Bertz CT molecular complexity index is 605. The fourth-order valence-corrected chi connectivity index (χ4v) is 4.27. The summed E-state index contributed by atoms with van der Waals surface area (Å²) in [6.45, 7) is 1.66. The van der Waals surface area contributed by atoms with E-state index in [1.54, 1.807) is 31.2 Å². The van der Waals surface area contributed by atoms with Crippen LogP contribution < -0.4 is 4.72 Å². The van der Waals surface area contributed by atoms with E-state index < -0.39 is 10.0 Å². The van der Waals surface area contributed by atoms with Gasteiger partial charge >= 0.3 is 0 Å². The average molecular weight is 310 g/mol. The number of hydrogen-bond acceptors (Lipinski definition) is 4. The Hall–Kier alpha value is -1.56. The molecule has 0 bridgehead atoms. The second-order valence-corrected chi connectivity index (χ2v) is 7.42. The monoisotopic (exact) mass is 310 g/mol. The normalized spacial score (nSPS) is 17.7. The predicted octanol–water partition coefficient (Wildman–Crippen LogP) is 3.21. The lowest BCUT2D eigenvalue weighted by atomic mass is 9.91. The first-order valence-electron chi connectivity index (χ1n) is 7.30. The quantitative estimate of drug-likeness (QED) is 0.498. The summed E-state index contributed by atoms with van der Waals surface area (Å²) in [5.41, 5.74) is 1.64. The van der Waals surface area contributed by atoms with Gasteiger partial charge in [-0.3, -0.25) is 4.72 Å². The number of anilines is 1. The van der Waals surface area contributed by atoms with Gasteiger partial charge in [-0.05, 0) is 37.8 Å². The Morgan fingerprint density at radius 3 is 2.71 bits per heavy atom. The van der Waals surface area contributed by atoms with Crippen molar-refractivity contribution in [3.63, 3.8) is 0 Å². The molecule has 21 heavy (non-hydrogen) atoms. The van der Waals surface area contributed by atoms with Crippen molar-refractivity contribution in [3.05, 3.63) is 29.8 Å². The van der Waals surface area contributed by atoms with E-state index >= 15 is 0 Å². The summed E-state index contributed by atoms with van der Waals surface area (Å²) in [6, 6.07) is 6.89. The number of sulfonamides is 1. The van der Waals surface area contributed by atoms with Gasteiger partial charge in [0.2, 0.25) is 10.0 Å². The lowest BCUT2D eigenvalue weighted by molar-refractivity contribution is 0.319. The molecule has 0 unspecified atom stereocenters. The number of oxime groups is 1. The molecule has 0 aromatic heterocycles. The maximum atomic E-state index is 12.2. The van der Waals surface area contributed by atoms with Crippen LogP contribution in [0, 0.1) is 5.92 Å². The van der Waals surface area contributed by atoms with E-state index in [1.165, 1.54) is 6.42 Å². The summed E-state index contributed by atoms with van der Waals surface area (Å²) in [6.07, 6.45) is 5.46. The van der Waals surface area contributed by atoms with Crippen LogP contribution in [0.5, 0.6) is 0 Å². The molecule has 0 heterocycles. The fourth-order valence-electron chi connectivity index (χ4n) is 2.75. The molecule has 0 amide bonds. The first kappa shape index (κ1) is 15.8. The topological polar surface area (TPSA) is 78.8 Å². The SMILES string of the molecule is CC(=NO)c1cccc(NS(=O)(=O)CC2CCCCC2)c1. The van der Waals surface area contributed by atoms with Crippen LogP contribution >= 0.6 is 0 Å². The molecule has 116 valence electrons. The molecule has 0 atom stereocenters. The van der Waals surface area contributed by atoms with Gasteiger partial charge in [0.05, 0.1) is 11.5 Å². The minimum absolute atomic E-state index is 0.185. The van der Waals surface area contributed by atoms with Gasteiger partial charge < -0.3 is 5.21 Å². The molecule has 0 radical (unpaired) electrons. The highest BCUT2D eigenvalue weighted by Gasteiger charge is 2.21. The second-order valence-electron chi connectivity index (χ2n) is 5.65. The van der Waals surface area contributed by atoms with Crippen molar-refractivity contribution < 1.29 is 13.6 Å². The Kier molecular flexibility index (Phi) is 5.22. The molecule has 1 aromatic carbocycles. The minimum Gasteiger partial charge on any atom is -0.411 e. The van der Waals surface area contributed by atoms with Gasteiger partial charge in [0.1, 0.15) is 0 Å². The first-order chi connectivity index (χ1) is 10.00. The van der Waals surface area contributed by atoms with Crippen LogP contribution in [0.25, 0.3) is 0 Å². The van der Waals surface area contributed by atoms with Gasteiger partial charge in [-0.2, -0.15) is 0 Å². The van der Waals surface area contributed by atoms with E-state index in [4.69, 9.17) is 5.21 Å². The summed E-state index contributed by atoms with van der Waals surface area (Å²) in [7, 11) is -3.34. The van der Waals surface area contributed by atoms with Crippen molar-refractivity contribution in [2.75, 3.05) is 10.5 Å². The van der Waals surface area contributed by atoms with Crippen molar-refractivity contribution in [2.24, 2.45) is 11.1 Å². The third kappa shape index (κ3) is 4.74. The molecule has 2 N–H and O–H groups in total. The highest BCUT2D eigenvalue weighted by Crippen LogP contribution is 2.25. The summed E-state index contributed by atoms with van der Waals surface area (Å²) >= 11 is 0. The highest BCUT2D eigenvalue weighted by atomic mass is 32.2. The second kappa shape index (κ2) is 6.93. The predicted molar refractivity (Wildman–Crippen MR) is 84.4 cm³/mol. The number of hydrogen-bond donors (Lipinski definition) is 2. The Morgan fingerprint density at radius 2 is 2.05 bits per heavy atom. The van der Waals surface area contributed by atoms with E-state index in [2.05, 4.69) is 9.88 Å². The van der Waals surface area contributed by atoms with E-state index in [0.29, 0.717) is 17.0 Å². The van der Waals surface area contributed by atoms with Crippen molar-refractivity contribution in [1.29, 1.82) is 0 Å². The Morgan fingerprint density at radius 1 is 1.33 bits per heavy atom. The number of benzene rings is 1. The van der Waals surface area contributed by atoms with Crippen LogP contribution in [0.4, 0.5) is 5.69 Å². The summed E-state index contributed by atoms with van der Waals surface area (Å²) in [5.74, 6) is 0.449. The number of rotatable bonds is 5. The molecular weight excluding hydrogens is 288 g/mol. The third-order valence-corrected chi connectivity index (χ3v) is 5.34. The van der Waals surface area contributed by atoms with E-state index in [-0.39, 0.29) is 11.7 Å². The first-order valence-corrected chi connectivity index (χ1v) is 8.95. The van der Waals surface area contributed by atoms with Gasteiger partial charge in [0.15, 0.2) is 0 Å². The number of nitrogens with zero attached hydrogens (tertiary/aromatic N) is 1. The summed E-state index contributed by atoms with van der Waals surface area (Å²) in [5, 5.41) is 11.9. The van der Waals surface area contributed by atoms with Gasteiger partial charge in [0, 0.05) is 11.3 Å². The lowest BCUT2D eigenvalue weighted by Gasteiger charge is -2.21. The zero-order valence-corrected chi connectivity index (χ0v) is 13.1. The minimum atomic E-state index is -3.34. The zero-order valence-electron chi connectivity index (χ0n) is 12.2. The highest BCUT2D eigenvalue weighted by molar-refractivity contribution is 7.92. The van der Waals surface area contributed by atoms with Gasteiger partial charge in [-0.1, -0.05) is 36.6 Å². The molecule has 1 fully saturated rings. The molecule has 1 saturated carbocycles. The van der Waals surface area contributed by atoms with Crippen LogP contribution in [-0.2, 0) is 10.0 Å². The van der Waals surface area contributed by atoms with E-state index in [1.807, 2.05) is 0 Å². The molecule has 0 saturated heterocycles. The Balaban J connectivity index is 2.05. The van der Waals surface area contributed by atoms with Gasteiger partial charge in [-0.15, -0.1) is 0 Å². The van der Waals surface area contributed by atoms with Crippen LogP contribution in [0.15, 0.2) is 29.4 Å². The van der Waals surface area contributed by atoms with Crippen LogP contribution in [0.2, 0.25) is 0 Å². The maximum absolute atomic E-state index is 12.2. The molecule has 1 aromatic rings. The van der Waals surface area contributed by atoms with Gasteiger partial charge in [0.25, 0.3) is 0 Å². The standard InChI is InChI=1S/C15H22N2O3S/c1-12(16-18)14-8-5-9-15(10-14)17-21(19,20)11-13-6-3-2-4-7-13/h5,8-10,13,17-18H,2-4,6-7,11H2,1H3. The fraction of sp³-hybridized carbons (Fsp3) is 0.533. The average Bonchev–Trinajstić information content (AvgIpc) is 2.46. The molecule has 1 aliphatic carbocycles. The largest absolute Gasteiger partial charge is 0.411 e. The summed E-state index contributed by atoms with van der Waals surface area (Å²) < 4.78 is 27.1. The zero-order chi connectivity index (χ0) is 15.3. The smallest absolute Gasteiger partial charge is 0.232 e. The van der Waals surface area contributed by atoms with Crippen molar-refractivity contribution in [2.45, 2.75) is 39.0 Å². The molecule has 5 nitrogen and oxygen atoms in total. The van der Waals surface area contributed by atoms with E-state index in [0.717, 1.165) is 25.7 Å². The molecule has 0 spiro atoms. The molecule has 0 aliphatic heterocycles. The maximum Gasteiger partial charge on any atom is 0.232 e. The molecule has 6 heteroatoms. The molecule has 1 aliphatic rings. The van der Waals surface area contributed by atoms with Crippen LogP contribution in [-0.4, -0.2) is 25.1 Å². The van der Waals surface area contributed by atoms with Crippen LogP contribution in [0.1, 0.15) is 44.6 Å². The lowest BCUT2D eigenvalue weighted by Crippen LogP contribution is -2.24. The number of nitrogens with one attached hydrogen (secondary N) is 1. The van der Waals surface area contributed by atoms with Crippen LogP contribution in [0.3, 0.4) is 0 Å². The Labute approximate surface area is 126 Å². The van der Waals surface area contributed by atoms with Crippen molar-refractivity contribution in [3.8, 4) is 0 Å². The van der Waals surface area contributed by atoms with Crippen molar-refractivity contribution in [1.82, 2.24) is 0 Å². The summed E-state index contributed by atoms with van der Waals surface area (Å²) in [4.78, 5) is 0. The van der Waals surface area contributed by atoms with Gasteiger partial charge in [-0.25, -0.2) is 8.42 Å². The third-order valence-electron chi connectivity index (χ3n) is 3.88. The molecular formula is C15H22N2O3S.